The fraction of sp³-hybridized carbons (Fsp3) is 0.409. The van der Waals surface area contributed by atoms with E-state index in [9.17, 15) is 4.79 Å². The van der Waals surface area contributed by atoms with Gasteiger partial charge in [0, 0.05) is 17.7 Å². The Morgan fingerprint density at radius 1 is 1.19 bits per heavy atom. The number of ether oxygens (including phenoxy) is 1. The monoisotopic (exact) mass is 388 g/mol. The maximum Gasteiger partial charge on any atom is 0.224 e. The molecule has 27 heavy (non-hydrogen) atoms. The first-order chi connectivity index (χ1) is 12.7. The molecule has 1 heterocycles. The van der Waals surface area contributed by atoms with Gasteiger partial charge >= 0.3 is 0 Å². The highest BCUT2D eigenvalue weighted by Gasteiger charge is 2.22. The second-order valence-electron chi connectivity index (χ2n) is 7.09. The highest BCUT2D eigenvalue weighted by molar-refractivity contribution is 5.91. The fourth-order valence-corrected chi connectivity index (χ4v) is 3.47. The summed E-state index contributed by atoms with van der Waals surface area (Å²) in [6.45, 7) is 4.74. The predicted octanol–water partition coefficient (Wildman–Crippen LogP) is 4.65. The Bertz CT molecular complexity index is 702. The van der Waals surface area contributed by atoms with Crippen LogP contribution in [0.3, 0.4) is 0 Å². The van der Waals surface area contributed by atoms with E-state index in [4.69, 9.17) is 4.74 Å². The first kappa shape index (κ1) is 21.3. The fourth-order valence-electron chi connectivity index (χ4n) is 3.47. The highest BCUT2D eigenvalue weighted by Crippen LogP contribution is 2.24. The van der Waals surface area contributed by atoms with Crippen molar-refractivity contribution in [2.45, 2.75) is 32.8 Å². The lowest BCUT2D eigenvalue weighted by Gasteiger charge is -2.28. The van der Waals surface area contributed by atoms with E-state index in [2.05, 4.69) is 17.6 Å². The lowest BCUT2D eigenvalue weighted by atomic mass is 9.85. The molecule has 5 heteroatoms. The van der Waals surface area contributed by atoms with E-state index in [-0.39, 0.29) is 18.3 Å². The van der Waals surface area contributed by atoms with Gasteiger partial charge in [0.2, 0.25) is 5.91 Å². The van der Waals surface area contributed by atoms with Crippen LogP contribution in [0, 0.1) is 11.8 Å². The van der Waals surface area contributed by atoms with Gasteiger partial charge in [-0.1, -0.05) is 43.3 Å². The third-order valence-electron chi connectivity index (χ3n) is 5.08. The molecule has 3 rings (SSSR count). The van der Waals surface area contributed by atoms with Crippen LogP contribution in [0.1, 0.15) is 31.7 Å². The number of benzene rings is 2. The summed E-state index contributed by atoms with van der Waals surface area (Å²) in [6.07, 6.45) is 2.97. The number of halogens is 1. The molecule has 2 aromatic carbocycles. The Morgan fingerprint density at radius 2 is 1.93 bits per heavy atom. The van der Waals surface area contributed by atoms with Crippen LogP contribution in [0.15, 0.2) is 54.6 Å². The molecule has 1 fully saturated rings. The van der Waals surface area contributed by atoms with Crippen LogP contribution < -0.4 is 15.4 Å². The standard InChI is InChI=1S/C22H28N2O2.ClH/c1-17(18-9-7-13-23-15-18)14-22(25)24-21-12-6-5-8-19(21)16-26-20-10-3-2-4-11-20;/h2-6,8,10-12,17-18,23H,7,9,13-16H2,1H3,(H,24,25);1H. The van der Waals surface area contributed by atoms with Gasteiger partial charge < -0.3 is 15.4 Å². The Labute approximate surface area is 168 Å². The third-order valence-corrected chi connectivity index (χ3v) is 5.08. The zero-order valence-corrected chi connectivity index (χ0v) is 16.6. The van der Waals surface area contributed by atoms with Gasteiger partial charge in [0.15, 0.2) is 0 Å². The lowest BCUT2D eigenvalue weighted by Crippen LogP contribution is -2.34. The molecule has 0 saturated carbocycles. The van der Waals surface area contributed by atoms with Gasteiger partial charge in [-0.05, 0) is 56.0 Å². The minimum absolute atomic E-state index is 0. The Kier molecular flexibility index (Phi) is 8.62. The number of hydrogen-bond acceptors (Lipinski definition) is 3. The van der Waals surface area contributed by atoms with Gasteiger partial charge in [-0.2, -0.15) is 0 Å². The summed E-state index contributed by atoms with van der Waals surface area (Å²) < 4.78 is 5.83. The second-order valence-corrected chi connectivity index (χ2v) is 7.09. The molecule has 2 unspecified atom stereocenters. The largest absolute Gasteiger partial charge is 0.489 e. The van der Waals surface area contributed by atoms with Gasteiger partial charge in [0.25, 0.3) is 0 Å². The van der Waals surface area contributed by atoms with Crippen LogP contribution in [0.5, 0.6) is 5.75 Å². The molecule has 0 aliphatic carbocycles. The summed E-state index contributed by atoms with van der Waals surface area (Å²) in [5, 5.41) is 6.51. The molecule has 0 spiro atoms. The average Bonchev–Trinajstić information content (AvgIpc) is 2.68. The van der Waals surface area contributed by atoms with Crippen LogP contribution in [0.2, 0.25) is 0 Å². The first-order valence-corrected chi connectivity index (χ1v) is 9.48. The van der Waals surface area contributed by atoms with Crippen molar-refractivity contribution in [1.29, 1.82) is 0 Å². The molecule has 4 nitrogen and oxygen atoms in total. The zero-order valence-electron chi connectivity index (χ0n) is 15.8. The summed E-state index contributed by atoms with van der Waals surface area (Å²) >= 11 is 0. The molecule has 1 aliphatic rings. The van der Waals surface area contributed by atoms with Gasteiger partial charge in [0.1, 0.15) is 12.4 Å². The van der Waals surface area contributed by atoms with E-state index < -0.39 is 0 Å². The van der Waals surface area contributed by atoms with Crippen molar-refractivity contribution < 1.29 is 9.53 Å². The van der Waals surface area contributed by atoms with Crippen LogP contribution in [-0.2, 0) is 11.4 Å². The maximum absolute atomic E-state index is 12.5. The van der Waals surface area contributed by atoms with E-state index in [1.165, 1.54) is 12.8 Å². The molecular formula is C22H29ClN2O2. The van der Waals surface area contributed by atoms with Crippen molar-refractivity contribution in [3.05, 3.63) is 60.2 Å². The highest BCUT2D eigenvalue weighted by atomic mass is 35.5. The second kappa shape index (κ2) is 11.0. The molecule has 0 radical (unpaired) electrons. The number of hydrogen-bond donors (Lipinski definition) is 2. The number of para-hydroxylation sites is 2. The normalized spacial score (nSPS) is 17.4. The summed E-state index contributed by atoms with van der Waals surface area (Å²) in [5.74, 6) is 1.88. The minimum atomic E-state index is 0. The molecule has 0 bridgehead atoms. The maximum atomic E-state index is 12.5. The van der Waals surface area contributed by atoms with Crippen molar-refractivity contribution in [2.75, 3.05) is 18.4 Å². The average molecular weight is 389 g/mol. The van der Waals surface area contributed by atoms with Crippen molar-refractivity contribution in [2.24, 2.45) is 11.8 Å². The smallest absolute Gasteiger partial charge is 0.224 e. The lowest BCUT2D eigenvalue weighted by molar-refractivity contribution is -0.117. The van der Waals surface area contributed by atoms with Crippen molar-refractivity contribution in [3.63, 3.8) is 0 Å². The third kappa shape index (κ3) is 6.56. The number of carbonyl (C=O) groups excluding carboxylic acids is 1. The number of anilines is 1. The first-order valence-electron chi connectivity index (χ1n) is 9.48. The van der Waals surface area contributed by atoms with E-state index in [1.807, 2.05) is 54.6 Å². The Hall–Kier alpha value is -2.04. The number of rotatable bonds is 7. The van der Waals surface area contributed by atoms with Crippen LogP contribution >= 0.6 is 12.4 Å². The van der Waals surface area contributed by atoms with Crippen molar-refractivity contribution >= 4 is 24.0 Å². The van der Waals surface area contributed by atoms with Crippen LogP contribution in [-0.4, -0.2) is 19.0 Å². The summed E-state index contributed by atoms with van der Waals surface area (Å²) in [5.41, 5.74) is 1.82. The number of nitrogens with one attached hydrogen (secondary N) is 2. The van der Waals surface area contributed by atoms with Gasteiger partial charge in [-0.3, -0.25) is 4.79 Å². The van der Waals surface area contributed by atoms with Crippen LogP contribution in [0.4, 0.5) is 5.69 Å². The van der Waals surface area contributed by atoms with E-state index in [0.29, 0.717) is 24.9 Å². The SMILES string of the molecule is CC(CC(=O)Nc1ccccc1COc1ccccc1)C1CCCNC1.Cl. The van der Waals surface area contributed by atoms with Crippen LogP contribution in [0.25, 0.3) is 0 Å². The van der Waals surface area contributed by atoms with Crippen molar-refractivity contribution in [3.8, 4) is 5.75 Å². The molecule has 1 aliphatic heterocycles. The van der Waals surface area contributed by atoms with Gasteiger partial charge in [0.05, 0.1) is 0 Å². The Balaban J connectivity index is 0.00000261. The number of amides is 1. The summed E-state index contributed by atoms with van der Waals surface area (Å²) in [7, 11) is 0. The molecule has 1 saturated heterocycles. The Morgan fingerprint density at radius 3 is 2.67 bits per heavy atom. The van der Waals surface area contributed by atoms with Gasteiger partial charge in [-0.25, -0.2) is 0 Å². The molecule has 146 valence electrons. The van der Waals surface area contributed by atoms with E-state index in [0.717, 1.165) is 30.1 Å². The minimum Gasteiger partial charge on any atom is -0.489 e. The van der Waals surface area contributed by atoms with Crippen molar-refractivity contribution in [1.82, 2.24) is 5.32 Å². The molecule has 2 N–H and O–H groups in total. The molecular weight excluding hydrogens is 360 g/mol. The summed E-state index contributed by atoms with van der Waals surface area (Å²) in [6, 6.07) is 17.6. The molecule has 2 aromatic rings. The van der Waals surface area contributed by atoms with E-state index in [1.54, 1.807) is 0 Å². The van der Waals surface area contributed by atoms with Gasteiger partial charge in [-0.15, -0.1) is 12.4 Å². The molecule has 0 aromatic heterocycles. The van der Waals surface area contributed by atoms with E-state index >= 15 is 0 Å². The number of piperidine rings is 1. The summed E-state index contributed by atoms with van der Waals surface area (Å²) in [4.78, 5) is 12.5. The quantitative estimate of drug-likeness (QED) is 0.725. The molecule has 2 atom stereocenters. The molecule has 1 amide bonds. The zero-order chi connectivity index (χ0) is 18.2. The predicted molar refractivity (Wildman–Crippen MR) is 112 cm³/mol. The number of carbonyl (C=O) groups is 1. The topological polar surface area (TPSA) is 50.4 Å².